The highest BCUT2D eigenvalue weighted by Gasteiger charge is 2.32. The van der Waals surface area contributed by atoms with Gasteiger partial charge in [0.25, 0.3) is 0 Å². The highest BCUT2D eigenvalue weighted by Crippen LogP contribution is 2.31. The van der Waals surface area contributed by atoms with Crippen LogP contribution < -0.4 is 10.6 Å². The van der Waals surface area contributed by atoms with E-state index in [1.165, 1.54) is 74.7 Å². The number of piperazine rings is 1. The topological polar surface area (TPSA) is 27.3 Å². The second-order valence-corrected chi connectivity index (χ2v) is 10.8. The molecule has 3 atom stereocenters. The van der Waals surface area contributed by atoms with Gasteiger partial charge in [0.05, 0.1) is 0 Å². The Morgan fingerprint density at radius 1 is 0.667 bits per heavy atom. The third-order valence-electron chi connectivity index (χ3n) is 8.30. The van der Waals surface area contributed by atoms with E-state index in [2.05, 4.69) is 107 Å². The van der Waals surface area contributed by atoms with Crippen LogP contribution in [-0.2, 0) is 0 Å². The van der Waals surface area contributed by atoms with Crippen LogP contribution in [0.5, 0.6) is 0 Å². The number of nitrogens with one attached hydrogen (secondary N) is 2. The predicted molar refractivity (Wildman–Crippen MR) is 153 cm³/mol. The Hall–Kier alpha value is -2.62. The van der Waals surface area contributed by atoms with Crippen LogP contribution in [0.1, 0.15) is 68.4 Å². The molecule has 1 aliphatic heterocycles. The third-order valence-corrected chi connectivity index (χ3v) is 8.30. The van der Waals surface area contributed by atoms with Crippen molar-refractivity contribution >= 4 is 5.69 Å². The Bertz CT molecular complexity index is 967. The lowest BCUT2D eigenvalue weighted by atomic mass is 9.83. The molecule has 0 amide bonds. The van der Waals surface area contributed by atoms with Crippen molar-refractivity contribution in [2.75, 3.05) is 25.0 Å². The van der Waals surface area contributed by atoms with Gasteiger partial charge in [0.2, 0.25) is 0 Å². The van der Waals surface area contributed by atoms with Crippen molar-refractivity contribution in [3.8, 4) is 0 Å². The maximum atomic E-state index is 3.92. The van der Waals surface area contributed by atoms with Crippen molar-refractivity contribution in [3.63, 3.8) is 0 Å². The van der Waals surface area contributed by atoms with Crippen LogP contribution >= 0.6 is 0 Å². The van der Waals surface area contributed by atoms with Crippen LogP contribution in [0.4, 0.5) is 5.69 Å². The molecule has 0 radical (unpaired) electrons. The van der Waals surface area contributed by atoms with E-state index >= 15 is 0 Å². The van der Waals surface area contributed by atoms with E-state index in [4.69, 9.17) is 0 Å². The average Bonchev–Trinajstić information content (AvgIpc) is 2.94. The molecule has 190 valence electrons. The number of hydrogen-bond acceptors (Lipinski definition) is 3. The number of benzene rings is 3. The van der Waals surface area contributed by atoms with E-state index in [1.54, 1.807) is 0 Å². The Morgan fingerprint density at radius 2 is 1.25 bits per heavy atom. The Morgan fingerprint density at radius 3 is 1.94 bits per heavy atom. The molecule has 0 aromatic heterocycles. The van der Waals surface area contributed by atoms with E-state index < -0.39 is 0 Å². The standard InChI is InChI=1S/C33H43N3/c1-5-14-27(15-6-1)33(28-16-7-2-8-17-28)32-26-36(25-24-34-32)31-22-12-4-11-20-30(21-13-23-31)35-29-18-9-3-10-19-29/h1-3,5-10,14-19,30-35H,4,11-13,20-26H2. The summed E-state index contributed by atoms with van der Waals surface area (Å²) in [5, 5.41) is 7.74. The van der Waals surface area contributed by atoms with Crippen LogP contribution in [0.25, 0.3) is 0 Å². The number of nitrogens with zero attached hydrogens (tertiary/aromatic N) is 1. The first kappa shape index (κ1) is 25.0. The van der Waals surface area contributed by atoms with Gasteiger partial charge in [-0.15, -0.1) is 0 Å². The summed E-state index contributed by atoms with van der Waals surface area (Å²) >= 11 is 0. The molecular weight excluding hydrogens is 438 g/mol. The molecule has 3 aromatic rings. The molecule has 1 saturated carbocycles. The van der Waals surface area contributed by atoms with Gasteiger partial charge in [0.1, 0.15) is 0 Å². The zero-order valence-electron chi connectivity index (χ0n) is 21.7. The van der Waals surface area contributed by atoms with Crippen molar-refractivity contribution in [2.24, 2.45) is 0 Å². The highest BCUT2D eigenvalue weighted by molar-refractivity contribution is 5.43. The van der Waals surface area contributed by atoms with Crippen LogP contribution in [0.15, 0.2) is 91.0 Å². The first-order valence-electron chi connectivity index (χ1n) is 14.3. The molecule has 3 heteroatoms. The van der Waals surface area contributed by atoms with E-state index in [9.17, 15) is 0 Å². The lowest BCUT2D eigenvalue weighted by Gasteiger charge is -2.42. The van der Waals surface area contributed by atoms with Crippen molar-refractivity contribution in [2.45, 2.75) is 75.4 Å². The van der Waals surface area contributed by atoms with Crippen LogP contribution in [0.2, 0.25) is 0 Å². The van der Waals surface area contributed by atoms with Crippen LogP contribution in [-0.4, -0.2) is 42.7 Å². The Kier molecular flexibility index (Phi) is 9.10. The van der Waals surface area contributed by atoms with Gasteiger partial charge in [0.15, 0.2) is 0 Å². The molecule has 0 spiro atoms. The maximum Gasteiger partial charge on any atom is 0.0342 e. The van der Waals surface area contributed by atoms with E-state index in [0.717, 1.165) is 13.1 Å². The van der Waals surface area contributed by atoms with Gasteiger partial charge in [0, 0.05) is 49.4 Å². The summed E-state index contributed by atoms with van der Waals surface area (Å²) in [6.45, 7) is 3.38. The first-order valence-corrected chi connectivity index (χ1v) is 14.3. The minimum Gasteiger partial charge on any atom is -0.382 e. The fraction of sp³-hybridized carbons (Fsp3) is 0.455. The summed E-state index contributed by atoms with van der Waals surface area (Å²) in [6, 6.07) is 34.8. The minimum absolute atomic E-state index is 0.384. The summed E-state index contributed by atoms with van der Waals surface area (Å²) in [5.74, 6) is 0.384. The second-order valence-electron chi connectivity index (χ2n) is 10.8. The lowest BCUT2D eigenvalue weighted by molar-refractivity contribution is 0.119. The van der Waals surface area contributed by atoms with Gasteiger partial charge in [-0.3, -0.25) is 4.90 Å². The summed E-state index contributed by atoms with van der Waals surface area (Å²) in [5.41, 5.74) is 4.11. The predicted octanol–water partition coefficient (Wildman–Crippen LogP) is 7.08. The summed E-state index contributed by atoms with van der Waals surface area (Å²) in [7, 11) is 0. The Labute approximate surface area is 218 Å². The highest BCUT2D eigenvalue weighted by atomic mass is 15.2. The van der Waals surface area contributed by atoms with E-state index in [-0.39, 0.29) is 0 Å². The zero-order valence-corrected chi connectivity index (χ0v) is 21.7. The monoisotopic (exact) mass is 481 g/mol. The molecule has 2 aliphatic rings. The van der Waals surface area contributed by atoms with Gasteiger partial charge in [-0.2, -0.15) is 0 Å². The maximum absolute atomic E-state index is 3.92. The fourth-order valence-electron chi connectivity index (χ4n) is 6.45. The van der Waals surface area contributed by atoms with Gasteiger partial charge < -0.3 is 10.6 Å². The second kappa shape index (κ2) is 13.1. The molecule has 0 bridgehead atoms. The van der Waals surface area contributed by atoms with Crippen molar-refractivity contribution in [1.29, 1.82) is 0 Å². The van der Waals surface area contributed by atoms with Crippen molar-refractivity contribution < 1.29 is 0 Å². The molecule has 3 nitrogen and oxygen atoms in total. The van der Waals surface area contributed by atoms with E-state index in [0.29, 0.717) is 24.0 Å². The van der Waals surface area contributed by atoms with Gasteiger partial charge >= 0.3 is 0 Å². The van der Waals surface area contributed by atoms with Crippen molar-refractivity contribution in [1.82, 2.24) is 10.2 Å². The molecule has 3 unspecified atom stereocenters. The van der Waals surface area contributed by atoms with Crippen molar-refractivity contribution in [3.05, 3.63) is 102 Å². The van der Waals surface area contributed by atoms with Gasteiger partial charge in [-0.25, -0.2) is 0 Å². The molecule has 2 N–H and O–H groups in total. The Balaban J connectivity index is 1.25. The van der Waals surface area contributed by atoms with E-state index in [1.807, 2.05) is 0 Å². The molecule has 1 saturated heterocycles. The summed E-state index contributed by atoms with van der Waals surface area (Å²) in [6.07, 6.45) is 10.6. The van der Waals surface area contributed by atoms with Crippen LogP contribution in [0, 0.1) is 0 Å². The SMILES string of the molecule is c1ccc(NC2CCCCCC(N3CCNC(C(c4ccccc4)c4ccccc4)C3)CCC2)cc1. The number of para-hydroxylation sites is 1. The smallest absolute Gasteiger partial charge is 0.0342 e. The molecule has 3 aromatic carbocycles. The molecule has 2 fully saturated rings. The van der Waals surface area contributed by atoms with Crippen LogP contribution in [0.3, 0.4) is 0 Å². The molecule has 36 heavy (non-hydrogen) atoms. The molecular formula is C33H43N3. The fourth-order valence-corrected chi connectivity index (χ4v) is 6.45. The molecule has 1 heterocycles. The number of anilines is 1. The van der Waals surface area contributed by atoms with Gasteiger partial charge in [-0.05, 0) is 55.4 Å². The number of rotatable bonds is 6. The number of hydrogen-bond donors (Lipinski definition) is 2. The summed E-state index contributed by atoms with van der Waals surface area (Å²) < 4.78 is 0. The first-order chi connectivity index (χ1) is 17.9. The van der Waals surface area contributed by atoms with Gasteiger partial charge in [-0.1, -0.05) is 98.1 Å². The summed E-state index contributed by atoms with van der Waals surface area (Å²) in [4.78, 5) is 2.83. The quantitative estimate of drug-likeness (QED) is 0.394. The zero-order chi connectivity index (χ0) is 24.4. The molecule has 1 aliphatic carbocycles. The molecule has 5 rings (SSSR count). The largest absolute Gasteiger partial charge is 0.382 e. The minimum atomic E-state index is 0.384. The average molecular weight is 482 g/mol. The lowest BCUT2D eigenvalue weighted by Crippen LogP contribution is -2.56. The third kappa shape index (κ3) is 6.78. The normalized spacial score (nSPS) is 24.3.